The second kappa shape index (κ2) is 2.41. The normalized spacial score (nSPS) is 28.1. The zero-order chi connectivity index (χ0) is 9.60. The number of hydrogen-bond donors (Lipinski definition) is 2. The van der Waals surface area contributed by atoms with E-state index in [0.29, 0.717) is 13.2 Å². The van der Waals surface area contributed by atoms with E-state index in [9.17, 15) is 4.79 Å². The van der Waals surface area contributed by atoms with E-state index in [2.05, 4.69) is 10.6 Å². The molecule has 14 heavy (non-hydrogen) atoms. The standard InChI is InChI=1S/C10H10N2O2/c13-9-12-10(6-14-9)5-11-8-4-2-1-3-7(8)10/h1-4,11H,5-6H2,(H,12,13)/t10-/m1/s1. The van der Waals surface area contributed by atoms with Crippen molar-refractivity contribution in [3.05, 3.63) is 29.8 Å². The number of hydrogen-bond acceptors (Lipinski definition) is 3. The Morgan fingerprint density at radius 3 is 3.00 bits per heavy atom. The molecule has 1 amide bonds. The number of benzene rings is 1. The minimum atomic E-state index is -0.340. The topological polar surface area (TPSA) is 50.4 Å². The van der Waals surface area contributed by atoms with Gasteiger partial charge < -0.3 is 15.4 Å². The van der Waals surface area contributed by atoms with Crippen LogP contribution < -0.4 is 10.6 Å². The molecule has 0 unspecified atom stereocenters. The van der Waals surface area contributed by atoms with E-state index >= 15 is 0 Å². The van der Waals surface area contributed by atoms with Crippen molar-refractivity contribution in [1.82, 2.24) is 5.32 Å². The van der Waals surface area contributed by atoms with Gasteiger partial charge >= 0.3 is 6.09 Å². The summed E-state index contributed by atoms with van der Waals surface area (Å²) in [6, 6.07) is 7.97. The van der Waals surface area contributed by atoms with Crippen molar-refractivity contribution in [3.63, 3.8) is 0 Å². The van der Waals surface area contributed by atoms with Crippen molar-refractivity contribution in [2.75, 3.05) is 18.5 Å². The molecular weight excluding hydrogens is 180 g/mol. The highest BCUT2D eigenvalue weighted by Gasteiger charge is 2.45. The number of fused-ring (bicyclic) bond motifs is 2. The smallest absolute Gasteiger partial charge is 0.408 e. The summed E-state index contributed by atoms with van der Waals surface area (Å²) in [7, 11) is 0. The molecule has 1 spiro atoms. The van der Waals surface area contributed by atoms with Gasteiger partial charge in [-0.3, -0.25) is 0 Å². The molecule has 1 aromatic rings. The molecule has 2 aliphatic rings. The van der Waals surface area contributed by atoms with Gasteiger partial charge in [0.1, 0.15) is 12.1 Å². The summed E-state index contributed by atoms with van der Waals surface area (Å²) in [5.74, 6) is 0. The summed E-state index contributed by atoms with van der Waals surface area (Å²) in [6.45, 7) is 1.12. The van der Waals surface area contributed by atoms with Gasteiger partial charge in [-0.25, -0.2) is 4.79 Å². The van der Waals surface area contributed by atoms with Crippen LogP contribution in [0.25, 0.3) is 0 Å². The molecule has 0 aromatic heterocycles. The van der Waals surface area contributed by atoms with Gasteiger partial charge in [0, 0.05) is 17.8 Å². The fraction of sp³-hybridized carbons (Fsp3) is 0.300. The van der Waals surface area contributed by atoms with Gasteiger partial charge in [-0.2, -0.15) is 0 Å². The third-order valence-corrected chi connectivity index (χ3v) is 2.81. The fourth-order valence-electron chi connectivity index (χ4n) is 2.09. The Morgan fingerprint density at radius 1 is 1.36 bits per heavy atom. The maximum Gasteiger partial charge on any atom is 0.408 e. The molecule has 1 saturated heterocycles. The lowest BCUT2D eigenvalue weighted by molar-refractivity contribution is 0.173. The highest BCUT2D eigenvalue weighted by Crippen LogP contribution is 2.36. The lowest BCUT2D eigenvalue weighted by atomic mass is 9.94. The summed E-state index contributed by atoms with van der Waals surface area (Å²) < 4.78 is 4.96. The molecule has 0 saturated carbocycles. The Balaban J connectivity index is 2.09. The average Bonchev–Trinajstić information content (AvgIpc) is 2.75. The summed E-state index contributed by atoms with van der Waals surface area (Å²) in [5.41, 5.74) is 1.86. The predicted molar refractivity (Wildman–Crippen MR) is 51.1 cm³/mol. The highest BCUT2D eigenvalue weighted by molar-refractivity contribution is 5.74. The average molecular weight is 190 g/mol. The molecule has 1 fully saturated rings. The van der Waals surface area contributed by atoms with Gasteiger partial charge in [0.15, 0.2) is 0 Å². The Kier molecular flexibility index (Phi) is 1.32. The van der Waals surface area contributed by atoms with Gasteiger partial charge in [-0.1, -0.05) is 18.2 Å². The Morgan fingerprint density at radius 2 is 2.21 bits per heavy atom. The zero-order valence-corrected chi connectivity index (χ0v) is 7.54. The van der Waals surface area contributed by atoms with Crippen molar-refractivity contribution < 1.29 is 9.53 Å². The van der Waals surface area contributed by atoms with Crippen LogP contribution in [0.3, 0.4) is 0 Å². The molecule has 1 atom stereocenters. The minimum Gasteiger partial charge on any atom is -0.447 e. The van der Waals surface area contributed by atoms with Crippen molar-refractivity contribution >= 4 is 11.8 Å². The lowest BCUT2D eigenvalue weighted by Gasteiger charge is -2.19. The first kappa shape index (κ1) is 7.67. The molecule has 3 rings (SSSR count). The third-order valence-electron chi connectivity index (χ3n) is 2.81. The Hall–Kier alpha value is -1.71. The van der Waals surface area contributed by atoms with Crippen LogP contribution in [0.4, 0.5) is 10.5 Å². The number of amides is 1. The second-order valence-corrected chi connectivity index (χ2v) is 3.68. The van der Waals surface area contributed by atoms with Gasteiger partial charge in [0.25, 0.3) is 0 Å². The van der Waals surface area contributed by atoms with E-state index in [0.717, 1.165) is 11.3 Å². The predicted octanol–water partition coefficient (Wildman–Crippen LogP) is 1.05. The van der Waals surface area contributed by atoms with E-state index < -0.39 is 0 Å². The first-order chi connectivity index (χ1) is 6.80. The fourth-order valence-corrected chi connectivity index (χ4v) is 2.09. The van der Waals surface area contributed by atoms with Crippen molar-refractivity contribution in [2.24, 2.45) is 0 Å². The first-order valence-electron chi connectivity index (χ1n) is 4.58. The monoisotopic (exact) mass is 190 g/mol. The maximum absolute atomic E-state index is 11.1. The molecule has 2 aliphatic heterocycles. The van der Waals surface area contributed by atoms with Gasteiger partial charge in [-0.15, -0.1) is 0 Å². The van der Waals surface area contributed by atoms with Gasteiger partial charge in [0.2, 0.25) is 0 Å². The quantitative estimate of drug-likeness (QED) is 0.642. The highest BCUT2D eigenvalue weighted by atomic mass is 16.6. The maximum atomic E-state index is 11.1. The van der Waals surface area contributed by atoms with Crippen LogP contribution in [0.2, 0.25) is 0 Å². The van der Waals surface area contributed by atoms with Crippen LogP contribution in [-0.2, 0) is 10.3 Å². The number of rotatable bonds is 0. The van der Waals surface area contributed by atoms with Crippen LogP contribution in [-0.4, -0.2) is 19.2 Å². The molecule has 0 radical (unpaired) electrons. The lowest BCUT2D eigenvalue weighted by Crippen LogP contribution is -2.42. The summed E-state index contributed by atoms with van der Waals surface area (Å²) in [6.07, 6.45) is -0.330. The van der Waals surface area contributed by atoms with Crippen LogP contribution in [0.15, 0.2) is 24.3 Å². The first-order valence-corrected chi connectivity index (χ1v) is 4.58. The summed E-state index contributed by atoms with van der Waals surface area (Å²) in [5, 5.41) is 6.12. The van der Waals surface area contributed by atoms with Crippen LogP contribution in [0.1, 0.15) is 5.56 Å². The van der Waals surface area contributed by atoms with E-state index in [1.165, 1.54) is 0 Å². The number of para-hydroxylation sites is 1. The van der Waals surface area contributed by atoms with Crippen LogP contribution in [0, 0.1) is 0 Å². The molecule has 4 heteroatoms. The molecule has 1 aromatic carbocycles. The summed E-state index contributed by atoms with van der Waals surface area (Å²) in [4.78, 5) is 11.1. The molecule has 2 N–H and O–H groups in total. The van der Waals surface area contributed by atoms with E-state index in [4.69, 9.17) is 4.74 Å². The number of carbonyl (C=O) groups excluding carboxylic acids is 1. The third kappa shape index (κ3) is 0.852. The Bertz CT molecular complexity index is 405. The number of nitrogens with one attached hydrogen (secondary N) is 2. The largest absolute Gasteiger partial charge is 0.447 e. The number of alkyl carbamates (subject to hydrolysis) is 1. The van der Waals surface area contributed by atoms with Gasteiger partial charge in [-0.05, 0) is 6.07 Å². The molecule has 72 valence electrons. The van der Waals surface area contributed by atoms with Crippen molar-refractivity contribution in [1.29, 1.82) is 0 Å². The zero-order valence-electron chi connectivity index (χ0n) is 7.54. The van der Waals surface area contributed by atoms with E-state index in [1.807, 2.05) is 24.3 Å². The number of anilines is 1. The van der Waals surface area contributed by atoms with Crippen LogP contribution in [0.5, 0.6) is 0 Å². The van der Waals surface area contributed by atoms with E-state index in [-0.39, 0.29) is 11.6 Å². The second-order valence-electron chi connectivity index (χ2n) is 3.68. The SMILES string of the molecule is O=C1N[C@]2(CNc3ccccc32)CO1. The van der Waals surface area contributed by atoms with Gasteiger partial charge in [0.05, 0.1) is 0 Å². The minimum absolute atomic E-state index is 0.330. The number of cyclic esters (lactones) is 1. The number of ether oxygens (including phenoxy) is 1. The van der Waals surface area contributed by atoms with E-state index in [1.54, 1.807) is 0 Å². The molecule has 2 heterocycles. The summed E-state index contributed by atoms with van der Waals surface area (Å²) >= 11 is 0. The molecule has 4 nitrogen and oxygen atoms in total. The van der Waals surface area contributed by atoms with Crippen molar-refractivity contribution in [3.8, 4) is 0 Å². The number of carbonyl (C=O) groups is 1. The van der Waals surface area contributed by atoms with Crippen LogP contribution >= 0.6 is 0 Å². The van der Waals surface area contributed by atoms with Crippen molar-refractivity contribution in [2.45, 2.75) is 5.54 Å². The Labute approximate surface area is 81.3 Å². The molecule has 0 aliphatic carbocycles. The molecule has 0 bridgehead atoms. The molecular formula is C10H10N2O2.